The fourth-order valence-corrected chi connectivity index (χ4v) is 9.06. The summed E-state index contributed by atoms with van der Waals surface area (Å²) >= 11 is 0. The highest BCUT2D eigenvalue weighted by molar-refractivity contribution is 5.85. The number of halogens is 1. The highest BCUT2D eigenvalue weighted by Crippen LogP contribution is 2.70. The summed E-state index contributed by atoms with van der Waals surface area (Å²) in [5.41, 5.74) is 3.97. The van der Waals surface area contributed by atoms with Crippen LogP contribution in [0.4, 0.5) is 4.39 Å². The lowest BCUT2D eigenvalue weighted by Crippen LogP contribution is -2.59. The van der Waals surface area contributed by atoms with Gasteiger partial charge in [0, 0.05) is 11.8 Å². The molecule has 4 aliphatic rings. The third-order valence-electron chi connectivity index (χ3n) is 11.0. The molecule has 7 unspecified atom stereocenters. The number of ketones is 1. The molecule has 0 saturated heterocycles. The second-order valence-corrected chi connectivity index (χ2v) is 12.4. The maximum Gasteiger partial charge on any atom is 0.139 e. The molecular weight excluding hydrogens is 439 g/mol. The summed E-state index contributed by atoms with van der Waals surface area (Å²) < 4.78 is 15.4. The van der Waals surface area contributed by atoms with E-state index in [0.717, 1.165) is 43.5 Å². The van der Waals surface area contributed by atoms with E-state index in [-0.39, 0.29) is 28.0 Å². The fraction of sp³-hybridized carbons (Fsp3) is 0.600. The summed E-state index contributed by atoms with van der Waals surface area (Å²) in [6.45, 7) is 8.82. The highest BCUT2D eigenvalue weighted by Gasteiger charge is 2.66. The van der Waals surface area contributed by atoms with Gasteiger partial charge in [0.2, 0.25) is 0 Å². The zero-order valence-electron chi connectivity index (χ0n) is 21.4. The molecule has 1 N–H and O–H groups in total. The van der Waals surface area contributed by atoms with Crippen LogP contribution in [0.25, 0.3) is 11.8 Å². The number of hydrogen-bond acceptors (Lipinski definition) is 3. The van der Waals surface area contributed by atoms with Crippen LogP contribution in [0, 0.1) is 39.8 Å². The van der Waals surface area contributed by atoms with Crippen molar-refractivity contribution in [2.45, 2.75) is 78.7 Å². The molecule has 4 aliphatic carbocycles. The second-order valence-electron chi connectivity index (χ2n) is 12.4. The Balaban J connectivity index is 1.37. The number of hydrogen-bond donors (Lipinski definition) is 1. The molecule has 1 heterocycles. The third kappa shape index (κ3) is 3.00. The Hall–Kier alpha value is -2.27. The van der Waals surface area contributed by atoms with Crippen molar-refractivity contribution in [3.8, 4) is 5.69 Å². The molecule has 186 valence electrons. The van der Waals surface area contributed by atoms with E-state index in [4.69, 9.17) is 0 Å². The molecule has 7 atom stereocenters. The van der Waals surface area contributed by atoms with E-state index in [1.807, 2.05) is 17.8 Å². The lowest BCUT2D eigenvalue weighted by molar-refractivity contribution is -0.156. The number of allylic oxidation sites excluding steroid dienone is 1. The van der Waals surface area contributed by atoms with E-state index in [1.54, 1.807) is 12.1 Å². The first-order valence-corrected chi connectivity index (χ1v) is 13.4. The second kappa shape index (κ2) is 7.61. The van der Waals surface area contributed by atoms with Gasteiger partial charge in [-0.1, -0.05) is 33.3 Å². The Morgan fingerprint density at radius 3 is 2.66 bits per heavy atom. The first kappa shape index (κ1) is 23.1. The summed E-state index contributed by atoms with van der Waals surface area (Å²) in [7, 11) is 0. The molecule has 3 fully saturated rings. The van der Waals surface area contributed by atoms with Crippen molar-refractivity contribution in [1.29, 1.82) is 0 Å². The van der Waals surface area contributed by atoms with Crippen LogP contribution in [0.5, 0.6) is 0 Å². The molecule has 0 spiro atoms. The number of rotatable bonds is 3. The number of benzene rings is 1. The van der Waals surface area contributed by atoms with Gasteiger partial charge in [0.05, 0.1) is 23.7 Å². The molecule has 5 heteroatoms. The average molecular weight is 477 g/mol. The molecule has 6 rings (SSSR count). The van der Waals surface area contributed by atoms with E-state index in [2.05, 4.69) is 31.9 Å². The lowest BCUT2D eigenvalue weighted by Gasteiger charge is -2.61. The molecule has 2 aromatic rings. The normalized spacial score (nSPS) is 39.8. The zero-order chi connectivity index (χ0) is 24.8. The number of carbonyl (C=O) groups excluding carboxylic acids is 1. The first-order chi connectivity index (χ1) is 16.6. The van der Waals surface area contributed by atoms with Crippen LogP contribution in [0.1, 0.15) is 77.5 Å². The molecule has 0 bridgehead atoms. The molecule has 0 radical (unpaired) electrons. The van der Waals surface area contributed by atoms with Gasteiger partial charge in [0.25, 0.3) is 0 Å². The predicted octanol–water partition coefficient (Wildman–Crippen LogP) is 6.15. The Morgan fingerprint density at radius 1 is 1.20 bits per heavy atom. The summed E-state index contributed by atoms with van der Waals surface area (Å²) in [5.74, 6) is 1.23. The Kier molecular flexibility index (Phi) is 5.04. The summed E-state index contributed by atoms with van der Waals surface area (Å²) in [6, 6.07) is 6.49. The topological polar surface area (TPSA) is 55.1 Å². The molecule has 1 aromatic heterocycles. The molecule has 3 saturated carbocycles. The first-order valence-electron chi connectivity index (χ1n) is 13.4. The zero-order valence-corrected chi connectivity index (χ0v) is 21.4. The number of aliphatic hydroxyl groups excluding tert-OH is 1. The van der Waals surface area contributed by atoms with Gasteiger partial charge in [-0.15, -0.1) is 0 Å². The third-order valence-corrected chi connectivity index (χ3v) is 11.0. The van der Waals surface area contributed by atoms with E-state index in [9.17, 15) is 14.3 Å². The smallest absolute Gasteiger partial charge is 0.139 e. The minimum absolute atomic E-state index is 0.110. The minimum Gasteiger partial charge on any atom is -0.393 e. The van der Waals surface area contributed by atoms with Crippen molar-refractivity contribution >= 4 is 11.9 Å². The van der Waals surface area contributed by atoms with Crippen molar-refractivity contribution in [2.24, 2.45) is 34.0 Å². The van der Waals surface area contributed by atoms with Gasteiger partial charge in [-0.25, -0.2) is 9.07 Å². The lowest BCUT2D eigenvalue weighted by atomic mass is 9.44. The molecule has 35 heavy (non-hydrogen) atoms. The number of aliphatic hydroxyl groups is 1. The number of Topliss-reactive ketones (excluding diaryl/α,β-unsaturated/α-hetero) is 1. The predicted molar refractivity (Wildman–Crippen MR) is 134 cm³/mol. The fourth-order valence-electron chi connectivity index (χ4n) is 9.06. The van der Waals surface area contributed by atoms with Gasteiger partial charge >= 0.3 is 0 Å². The van der Waals surface area contributed by atoms with E-state index < -0.39 is 6.10 Å². The van der Waals surface area contributed by atoms with E-state index >= 15 is 0 Å². The monoisotopic (exact) mass is 476 g/mol. The Labute approximate surface area is 207 Å². The number of nitrogens with zero attached hydrogens (tertiary/aromatic N) is 2. The Morgan fingerprint density at radius 2 is 1.94 bits per heavy atom. The van der Waals surface area contributed by atoms with Gasteiger partial charge < -0.3 is 5.11 Å². The van der Waals surface area contributed by atoms with Crippen LogP contribution in [0.15, 0.2) is 36.0 Å². The van der Waals surface area contributed by atoms with Gasteiger partial charge in [-0.2, -0.15) is 5.10 Å². The van der Waals surface area contributed by atoms with Crippen LogP contribution in [-0.4, -0.2) is 26.8 Å². The SMILES string of the molecule is CCC(=O)C1(C)CCC2C3CCC4=Cc5c(cnn5-c5ccc(F)cc5)CC4(C)C3C(O)CC21C. The van der Waals surface area contributed by atoms with Crippen LogP contribution < -0.4 is 0 Å². The molecule has 1 aromatic carbocycles. The quantitative estimate of drug-likeness (QED) is 0.578. The molecular formula is C30H37FN2O2. The van der Waals surface area contributed by atoms with Crippen LogP contribution in [0.2, 0.25) is 0 Å². The maximum absolute atomic E-state index is 13.5. The van der Waals surface area contributed by atoms with Crippen molar-refractivity contribution in [2.75, 3.05) is 0 Å². The van der Waals surface area contributed by atoms with Crippen LogP contribution in [0.3, 0.4) is 0 Å². The van der Waals surface area contributed by atoms with E-state index in [1.165, 1.54) is 23.3 Å². The van der Waals surface area contributed by atoms with Gasteiger partial charge in [0.1, 0.15) is 11.6 Å². The van der Waals surface area contributed by atoms with Crippen molar-refractivity contribution < 1.29 is 14.3 Å². The number of carbonyl (C=O) groups is 1. The van der Waals surface area contributed by atoms with Gasteiger partial charge in [-0.05, 0) is 103 Å². The molecule has 0 amide bonds. The maximum atomic E-state index is 13.5. The van der Waals surface area contributed by atoms with Crippen molar-refractivity contribution in [1.82, 2.24) is 9.78 Å². The minimum atomic E-state index is -0.411. The Bertz CT molecular complexity index is 1220. The summed E-state index contributed by atoms with van der Waals surface area (Å²) in [6.07, 6.45) is 10.1. The standard InChI is InChI=1S/C30H37FN2O2/c1-5-26(35)29(3)13-12-23-22-11-6-19-14-24-18(17-32-33(24)21-9-7-20(31)8-10-21)15-28(19,2)27(22)25(34)16-30(23,29)4/h7-10,14,17,22-23,25,27,34H,5-6,11-13,15-16H2,1-4H3. The number of aromatic nitrogens is 2. The number of fused-ring (bicyclic) bond motifs is 6. The molecule has 0 aliphatic heterocycles. The van der Waals surface area contributed by atoms with Crippen molar-refractivity contribution in [3.63, 3.8) is 0 Å². The summed E-state index contributed by atoms with van der Waals surface area (Å²) in [4.78, 5) is 13.1. The van der Waals surface area contributed by atoms with E-state index in [0.29, 0.717) is 30.5 Å². The highest BCUT2D eigenvalue weighted by atomic mass is 19.1. The average Bonchev–Trinajstić information content (AvgIpc) is 3.35. The van der Waals surface area contributed by atoms with Crippen LogP contribution in [-0.2, 0) is 11.2 Å². The molecule has 4 nitrogen and oxygen atoms in total. The van der Waals surface area contributed by atoms with Crippen molar-refractivity contribution in [3.05, 3.63) is 53.1 Å². The van der Waals surface area contributed by atoms with Crippen LogP contribution >= 0.6 is 0 Å². The van der Waals surface area contributed by atoms with Gasteiger partial charge in [-0.3, -0.25) is 4.79 Å². The van der Waals surface area contributed by atoms with Gasteiger partial charge in [0.15, 0.2) is 0 Å². The summed E-state index contributed by atoms with van der Waals surface area (Å²) in [5, 5.41) is 16.4. The largest absolute Gasteiger partial charge is 0.393 e.